The zero-order valence-electron chi connectivity index (χ0n) is 10.0. The van der Waals surface area contributed by atoms with E-state index in [-0.39, 0.29) is 29.4 Å². The number of halogens is 2. The lowest BCUT2D eigenvalue weighted by Gasteiger charge is -2.25. The van der Waals surface area contributed by atoms with E-state index in [9.17, 15) is 17.0 Å². The molecule has 0 aliphatic carbocycles. The normalized spacial score (nSPS) is 18.6. The highest BCUT2D eigenvalue weighted by atomic mass is 35.5. The van der Waals surface area contributed by atoms with E-state index in [1.807, 2.05) is 0 Å². The van der Waals surface area contributed by atoms with Gasteiger partial charge in [-0.3, -0.25) is 4.21 Å². The van der Waals surface area contributed by atoms with E-state index in [4.69, 9.17) is 11.6 Å². The highest BCUT2D eigenvalue weighted by molar-refractivity contribution is 7.89. The van der Waals surface area contributed by atoms with Crippen LogP contribution in [0.2, 0.25) is 0 Å². The SMILES string of the molecule is O=S1CCN(S(=O)(=O)c2ccc(F)c(CCl)c2)CC1. The van der Waals surface area contributed by atoms with E-state index in [0.29, 0.717) is 11.5 Å². The average Bonchev–Trinajstić information content (AvgIpc) is 2.39. The zero-order chi connectivity index (χ0) is 14.0. The molecular weight excluding hydrogens is 313 g/mol. The molecule has 1 saturated heterocycles. The van der Waals surface area contributed by atoms with Gasteiger partial charge in [0.05, 0.1) is 10.8 Å². The summed E-state index contributed by atoms with van der Waals surface area (Å²) in [7, 11) is -4.61. The molecule has 1 aromatic rings. The molecular formula is C11H13ClFNO3S2. The molecule has 0 unspecified atom stereocenters. The third-order valence-electron chi connectivity index (χ3n) is 2.94. The van der Waals surface area contributed by atoms with Gasteiger partial charge >= 0.3 is 0 Å². The van der Waals surface area contributed by atoms with Crippen molar-refractivity contribution in [2.24, 2.45) is 0 Å². The van der Waals surface area contributed by atoms with Gasteiger partial charge in [0.25, 0.3) is 0 Å². The lowest BCUT2D eigenvalue weighted by atomic mass is 10.2. The first-order valence-corrected chi connectivity index (χ1v) is 9.11. The zero-order valence-corrected chi connectivity index (χ0v) is 12.4. The fourth-order valence-electron chi connectivity index (χ4n) is 1.82. The first-order valence-electron chi connectivity index (χ1n) is 5.64. The fraction of sp³-hybridized carbons (Fsp3) is 0.455. The molecule has 0 radical (unpaired) electrons. The van der Waals surface area contributed by atoms with Gasteiger partial charge in [-0.1, -0.05) is 0 Å². The number of sulfonamides is 1. The maximum absolute atomic E-state index is 13.3. The summed E-state index contributed by atoms with van der Waals surface area (Å²) >= 11 is 5.57. The summed E-state index contributed by atoms with van der Waals surface area (Å²) in [5, 5.41) is 0. The molecule has 0 bridgehead atoms. The van der Waals surface area contributed by atoms with Crippen LogP contribution in [-0.4, -0.2) is 41.5 Å². The van der Waals surface area contributed by atoms with Gasteiger partial charge in [-0.25, -0.2) is 12.8 Å². The standard InChI is InChI=1S/C11H13ClFNO3S2/c12-8-9-7-10(1-2-11(9)13)19(16,17)14-3-5-18(15)6-4-14/h1-2,7H,3-6,8H2. The van der Waals surface area contributed by atoms with Crippen LogP contribution < -0.4 is 0 Å². The Kier molecular flexibility index (Phi) is 4.60. The summed E-state index contributed by atoms with van der Waals surface area (Å²) in [4.78, 5) is 0.0252. The Balaban J connectivity index is 2.31. The fourth-order valence-corrected chi connectivity index (χ4v) is 4.81. The maximum Gasteiger partial charge on any atom is 0.243 e. The summed E-state index contributed by atoms with van der Waals surface area (Å²) in [6.45, 7) is 0.449. The summed E-state index contributed by atoms with van der Waals surface area (Å²) in [6.07, 6.45) is 0. The molecule has 0 N–H and O–H groups in total. The topological polar surface area (TPSA) is 54.5 Å². The van der Waals surface area contributed by atoms with E-state index in [2.05, 4.69) is 0 Å². The van der Waals surface area contributed by atoms with Crippen molar-refractivity contribution in [1.29, 1.82) is 0 Å². The van der Waals surface area contributed by atoms with Gasteiger partial charge < -0.3 is 0 Å². The van der Waals surface area contributed by atoms with E-state index < -0.39 is 26.6 Å². The van der Waals surface area contributed by atoms with Crippen molar-refractivity contribution < 1.29 is 17.0 Å². The first-order chi connectivity index (χ1) is 8.95. The monoisotopic (exact) mass is 325 g/mol. The largest absolute Gasteiger partial charge is 0.259 e. The second-order valence-electron chi connectivity index (χ2n) is 4.14. The number of rotatable bonds is 3. The van der Waals surface area contributed by atoms with Crippen molar-refractivity contribution >= 4 is 32.4 Å². The van der Waals surface area contributed by atoms with Gasteiger partial charge in [0.15, 0.2) is 0 Å². The van der Waals surface area contributed by atoms with Crippen LogP contribution in [-0.2, 0) is 26.7 Å². The van der Waals surface area contributed by atoms with Gasteiger partial charge in [0, 0.05) is 41.0 Å². The molecule has 1 heterocycles. The average molecular weight is 326 g/mol. The molecule has 8 heteroatoms. The molecule has 2 rings (SSSR count). The van der Waals surface area contributed by atoms with E-state index in [1.54, 1.807) is 0 Å². The van der Waals surface area contributed by atoms with Crippen molar-refractivity contribution in [3.63, 3.8) is 0 Å². The lowest BCUT2D eigenvalue weighted by Crippen LogP contribution is -2.41. The summed E-state index contributed by atoms with van der Waals surface area (Å²) in [5.74, 6) is 0.0684. The quantitative estimate of drug-likeness (QED) is 0.788. The van der Waals surface area contributed by atoms with E-state index in [1.165, 1.54) is 16.4 Å². The first kappa shape index (κ1) is 14.9. The Morgan fingerprint density at radius 1 is 1.32 bits per heavy atom. The lowest BCUT2D eigenvalue weighted by molar-refractivity contribution is 0.438. The molecule has 0 atom stereocenters. The number of benzene rings is 1. The Hall–Kier alpha value is -0.500. The van der Waals surface area contributed by atoms with Crippen LogP contribution >= 0.6 is 11.6 Å². The summed E-state index contributed by atoms with van der Waals surface area (Å²) < 4.78 is 50.5. The van der Waals surface area contributed by atoms with Crippen LogP contribution in [0.1, 0.15) is 5.56 Å². The number of hydrogen-bond donors (Lipinski definition) is 0. The summed E-state index contributed by atoms with van der Waals surface area (Å²) in [6, 6.07) is 3.59. The molecule has 4 nitrogen and oxygen atoms in total. The van der Waals surface area contributed by atoms with E-state index in [0.717, 1.165) is 6.07 Å². The van der Waals surface area contributed by atoms with Crippen LogP contribution in [0.4, 0.5) is 4.39 Å². The van der Waals surface area contributed by atoms with Crippen molar-refractivity contribution in [3.8, 4) is 0 Å². The molecule has 0 amide bonds. The second-order valence-corrected chi connectivity index (χ2v) is 8.04. The van der Waals surface area contributed by atoms with Gasteiger partial charge in [-0.15, -0.1) is 11.6 Å². The van der Waals surface area contributed by atoms with Crippen LogP contribution in [0.25, 0.3) is 0 Å². The molecule has 1 fully saturated rings. The van der Waals surface area contributed by atoms with Crippen molar-refractivity contribution in [1.82, 2.24) is 4.31 Å². The van der Waals surface area contributed by atoms with Crippen LogP contribution in [0.15, 0.2) is 23.1 Å². The Morgan fingerprint density at radius 3 is 2.53 bits per heavy atom. The molecule has 1 aliphatic rings. The van der Waals surface area contributed by atoms with Crippen LogP contribution in [0, 0.1) is 5.82 Å². The predicted octanol–water partition coefficient (Wildman–Crippen LogP) is 1.32. The summed E-state index contributed by atoms with van der Waals surface area (Å²) in [5.41, 5.74) is 0.156. The maximum atomic E-state index is 13.3. The highest BCUT2D eigenvalue weighted by Gasteiger charge is 2.28. The molecule has 1 aromatic carbocycles. The minimum Gasteiger partial charge on any atom is -0.259 e. The van der Waals surface area contributed by atoms with Crippen molar-refractivity contribution in [3.05, 3.63) is 29.6 Å². The molecule has 0 saturated carbocycles. The van der Waals surface area contributed by atoms with Crippen LogP contribution in [0.5, 0.6) is 0 Å². The van der Waals surface area contributed by atoms with E-state index >= 15 is 0 Å². The van der Waals surface area contributed by atoms with Gasteiger partial charge in [0.2, 0.25) is 10.0 Å². The third-order valence-corrected chi connectivity index (χ3v) is 6.39. The highest BCUT2D eigenvalue weighted by Crippen LogP contribution is 2.21. The minimum absolute atomic E-state index is 0.0252. The molecule has 1 aliphatic heterocycles. The number of nitrogens with zero attached hydrogens (tertiary/aromatic N) is 1. The minimum atomic E-state index is -3.66. The Labute approximate surface area is 119 Å². The second kappa shape index (κ2) is 5.87. The third kappa shape index (κ3) is 3.16. The van der Waals surface area contributed by atoms with Gasteiger partial charge in [-0.05, 0) is 18.2 Å². The molecule has 106 valence electrons. The molecule has 19 heavy (non-hydrogen) atoms. The molecule has 0 aromatic heterocycles. The molecule has 0 spiro atoms. The Bertz CT molecular complexity index is 596. The van der Waals surface area contributed by atoms with Crippen molar-refractivity contribution in [2.75, 3.05) is 24.6 Å². The Morgan fingerprint density at radius 2 is 1.95 bits per heavy atom. The van der Waals surface area contributed by atoms with Crippen LogP contribution in [0.3, 0.4) is 0 Å². The predicted molar refractivity (Wildman–Crippen MR) is 72.6 cm³/mol. The number of hydrogen-bond acceptors (Lipinski definition) is 3. The smallest absolute Gasteiger partial charge is 0.243 e. The van der Waals surface area contributed by atoms with Gasteiger partial charge in [0.1, 0.15) is 5.82 Å². The van der Waals surface area contributed by atoms with Gasteiger partial charge in [-0.2, -0.15) is 4.31 Å². The van der Waals surface area contributed by atoms with Crippen molar-refractivity contribution in [2.45, 2.75) is 10.8 Å². The number of alkyl halides is 1.